The summed E-state index contributed by atoms with van der Waals surface area (Å²) in [6, 6.07) is -1.75. The molecule has 294 valence electrons. The Balaban J connectivity index is 3.18. The topological polar surface area (TPSA) is 237 Å². The van der Waals surface area contributed by atoms with Gasteiger partial charge in [0.2, 0.25) is 17.7 Å². The predicted octanol–water partition coefficient (Wildman–Crippen LogP) is 3.35. The number of hydrogen-bond acceptors (Lipinski definition) is 10. The Morgan fingerprint density at radius 2 is 1.71 bits per heavy atom. The minimum absolute atomic E-state index is 0.0256. The van der Waals surface area contributed by atoms with Gasteiger partial charge < -0.3 is 26.4 Å². The average molecular weight is 755 g/mol. The lowest BCUT2D eigenvalue weighted by molar-refractivity contribution is -0.159. The van der Waals surface area contributed by atoms with Gasteiger partial charge in [0.05, 0.1) is 17.5 Å². The molecule has 0 aliphatic carbocycles. The number of esters is 1. The minimum Gasteiger partial charge on any atom is -0.460 e. The van der Waals surface area contributed by atoms with Crippen molar-refractivity contribution in [1.29, 1.82) is 0 Å². The van der Waals surface area contributed by atoms with Crippen LogP contribution in [0, 0.1) is 23.7 Å². The molecule has 0 bridgehead atoms. The molecule has 1 saturated heterocycles. The molecule has 1 fully saturated rings. The Morgan fingerprint density at radius 1 is 1.06 bits per heavy atom. The van der Waals surface area contributed by atoms with E-state index in [9.17, 15) is 37.2 Å². The molecular formula is C36H58N4O11S. The fraction of sp³-hybridized carbons (Fsp3) is 0.667. The summed E-state index contributed by atoms with van der Waals surface area (Å²) in [5, 5.41) is 7.15. The van der Waals surface area contributed by atoms with Crippen molar-refractivity contribution >= 4 is 45.8 Å². The molecule has 16 heteroatoms. The average Bonchev–Trinajstić information content (AvgIpc) is 3.07. The summed E-state index contributed by atoms with van der Waals surface area (Å²) in [5.74, 6) is -7.19. The number of ketones is 1. The molecule has 1 heterocycles. The molecule has 0 aromatic heterocycles. The molecule has 0 spiro atoms. The van der Waals surface area contributed by atoms with Gasteiger partial charge in [-0.25, -0.2) is 8.98 Å². The van der Waals surface area contributed by atoms with Gasteiger partial charge >= 0.3 is 16.4 Å². The number of unbranched alkanes of at least 4 members (excludes halogenated alkanes) is 4. The highest BCUT2D eigenvalue weighted by molar-refractivity contribution is 7.80. The number of nitrogens with one attached hydrogen (secondary N) is 3. The summed E-state index contributed by atoms with van der Waals surface area (Å²) < 4.78 is 41.8. The highest BCUT2D eigenvalue weighted by Gasteiger charge is 2.37. The quantitative estimate of drug-likeness (QED) is 0.0421. The summed E-state index contributed by atoms with van der Waals surface area (Å²) in [6.07, 6.45) is 9.49. The molecule has 1 aliphatic heterocycles. The number of carbonyl (C=O) groups is 6. The lowest BCUT2D eigenvalue weighted by atomic mass is 9.92. The van der Waals surface area contributed by atoms with Gasteiger partial charge in [-0.3, -0.25) is 28.5 Å². The molecule has 0 saturated carbocycles. The van der Waals surface area contributed by atoms with E-state index in [4.69, 9.17) is 15.0 Å². The number of rotatable bonds is 19. The third-order valence-corrected chi connectivity index (χ3v) is 9.41. The Bertz CT molecular complexity index is 1440. The molecule has 15 nitrogen and oxygen atoms in total. The molecule has 4 amide bonds. The fourth-order valence-corrected chi connectivity index (χ4v) is 5.74. The van der Waals surface area contributed by atoms with E-state index in [1.54, 1.807) is 13.0 Å². The van der Waals surface area contributed by atoms with Crippen LogP contribution in [0.15, 0.2) is 36.1 Å². The maximum Gasteiger partial charge on any atom is 0.398 e. The molecular weight excluding hydrogens is 696 g/mol. The lowest BCUT2D eigenvalue weighted by Crippen LogP contribution is -2.51. The van der Waals surface area contributed by atoms with Crippen molar-refractivity contribution in [1.82, 2.24) is 16.0 Å². The zero-order chi connectivity index (χ0) is 39.6. The summed E-state index contributed by atoms with van der Waals surface area (Å²) in [6.45, 7) is 14.1. The number of allylic oxidation sites excluding steroid dienone is 4. The van der Waals surface area contributed by atoms with Gasteiger partial charge in [0.1, 0.15) is 12.1 Å². The number of ether oxygens (including phenoxy) is 1. The minimum atomic E-state index is -5.21. The number of carbonyl (C=O) groups excluding carboxylic acids is 6. The lowest BCUT2D eigenvalue weighted by Gasteiger charge is -2.29. The van der Waals surface area contributed by atoms with Crippen LogP contribution in [0.4, 0.5) is 0 Å². The summed E-state index contributed by atoms with van der Waals surface area (Å²) in [4.78, 5) is 77.2. The Labute approximate surface area is 307 Å². The van der Waals surface area contributed by atoms with Crippen molar-refractivity contribution in [2.24, 2.45) is 29.4 Å². The van der Waals surface area contributed by atoms with Crippen LogP contribution in [-0.4, -0.2) is 73.1 Å². The summed E-state index contributed by atoms with van der Waals surface area (Å²) in [5.41, 5.74) is 5.87. The van der Waals surface area contributed by atoms with Crippen LogP contribution < -0.4 is 21.7 Å². The predicted molar refractivity (Wildman–Crippen MR) is 194 cm³/mol. The standard InChI is InChI=1S/C36H58N4O11S/c1-8-9-10-11-12-13-22(2)14-15-23(3)16-18-29(41)24(4)17-19-30-26(6)34(44)39-27(7)35(45)38-21-25(5)33(43)40-28(36(46)50-30)20-31(32(37)42)51-52(47,48)49/h15-16,18,22,24-26,28,30-31H,7-14,17,19-21H2,1-6H3,(H2,37,42)(H,38,45)(H,39,44)(H,40,43)(H,47,48,49)/b18-16+,23-15+/t22-,24+,25-,26-,28-,30+,31+/m1/s1. The third kappa shape index (κ3) is 18.0. The zero-order valence-electron chi connectivity index (χ0n) is 31.3. The first-order chi connectivity index (χ1) is 24.2. The van der Waals surface area contributed by atoms with Crippen LogP contribution >= 0.6 is 0 Å². The molecule has 0 unspecified atom stereocenters. The highest BCUT2D eigenvalue weighted by Crippen LogP contribution is 2.22. The van der Waals surface area contributed by atoms with Crippen LogP contribution in [-0.2, 0) is 48.1 Å². The number of primary amides is 1. The molecule has 0 aromatic rings. The molecule has 52 heavy (non-hydrogen) atoms. The largest absolute Gasteiger partial charge is 0.460 e. The smallest absolute Gasteiger partial charge is 0.398 e. The second-order valence-corrected chi connectivity index (χ2v) is 14.8. The van der Waals surface area contributed by atoms with Crippen molar-refractivity contribution < 1.29 is 50.7 Å². The Hall–Kier alpha value is -3.89. The Morgan fingerprint density at radius 3 is 2.33 bits per heavy atom. The molecule has 7 atom stereocenters. The first-order valence-corrected chi connectivity index (χ1v) is 19.2. The van der Waals surface area contributed by atoms with Crippen molar-refractivity contribution in [3.8, 4) is 0 Å². The van der Waals surface area contributed by atoms with Gasteiger partial charge in [-0.05, 0) is 38.2 Å². The van der Waals surface area contributed by atoms with Crippen molar-refractivity contribution in [2.75, 3.05) is 6.54 Å². The monoisotopic (exact) mass is 754 g/mol. The van der Waals surface area contributed by atoms with E-state index in [-0.39, 0.29) is 30.9 Å². The van der Waals surface area contributed by atoms with E-state index >= 15 is 0 Å². The zero-order valence-corrected chi connectivity index (χ0v) is 32.1. The van der Waals surface area contributed by atoms with Gasteiger partial charge in [-0.15, -0.1) is 0 Å². The first kappa shape index (κ1) is 46.1. The van der Waals surface area contributed by atoms with Crippen LogP contribution in [0.3, 0.4) is 0 Å². The molecule has 1 aliphatic rings. The van der Waals surface area contributed by atoms with E-state index in [1.165, 1.54) is 52.0 Å². The van der Waals surface area contributed by atoms with E-state index in [1.807, 2.05) is 6.92 Å². The maximum atomic E-state index is 13.5. The van der Waals surface area contributed by atoms with Gasteiger partial charge in [-0.2, -0.15) is 8.42 Å². The van der Waals surface area contributed by atoms with Crippen molar-refractivity contribution in [2.45, 2.75) is 124 Å². The van der Waals surface area contributed by atoms with E-state index < -0.39 is 82.4 Å². The van der Waals surface area contributed by atoms with Crippen LogP contribution in [0.5, 0.6) is 0 Å². The van der Waals surface area contributed by atoms with Gasteiger partial charge in [0, 0.05) is 18.9 Å². The second-order valence-electron chi connectivity index (χ2n) is 13.8. The van der Waals surface area contributed by atoms with Crippen LogP contribution in [0.2, 0.25) is 0 Å². The fourth-order valence-electron chi connectivity index (χ4n) is 5.27. The second kappa shape index (κ2) is 22.9. The molecule has 6 N–H and O–H groups in total. The van der Waals surface area contributed by atoms with E-state index in [2.05, 4.69) is 46.6 Å². The number of hydrogen-bond donors (Lipinski definition) is 5. The third-order valence-electron chi connectivity index (χ3n) is 8.93. The number of nitrogens with two attached hydrogens (primary N) is 1. The number of cyclic esters (lactones) is 1. The molecule has 0 radical (unpaired) electrons. The Kier molecular flexibility index (Phi) is 20.3. The maximum absolute atomic E-state index is 13.5. The van der Waals surface area contributed by atoms with Crippen molar-refractivity contribution in [3.63, 3.8) is 0 Å². The van der Waals surface area contributed by atoms with Crippen molar-refractivity contribution in [3.05, 3.63) is 36.1 Å². The van der Waals surface area contributed by atoms with Crippen LogP contribution in [0.1, 0.15) is 106 Å². The van der Waals surface area contributed by atoms with E-state index in [0.29, 0.717) is 5.92 Å². The highest BCUT2D eigenvalue weighted by atomic mass is 32.3. The van der Waals surface area contributed by atoms with Gasteiger partial charge in [0.15, 0.2) is 11.9 Å². The van der Waals surface area contributed by atoms with E-state index in [0.717, 1.165) is 18.4 Å². The first-order valence-electron chi connectivity index (χ1n) is 17.9. The van der Waals surface area contributed by atoms with Gasteiger partial charge in [-0.1, -0.05) is 97.4 Å². The molecule has 0 aromatic carbocycles. The SMILES string of the molecule is C=C1NC(=O)[C@H](C)[C@H](CC[C@H](C)C(=O)/C=C/C(C)=C/C[C@H](C)CCCCCCC)OC(=O)[C@@H](C[C@H](OS(=O)(=O)O)C(N)=O)NC(=O)[C@H](C)CNC1=O. The summed E-state index contributed by atoms with van der Waals surface area (Å²) in [7, 11) is -5.21. The van der Waals surface area contributed by atoms with Gasteiger partial charge in [0.25, 0.3) is 5.91 Å². The van der Waals surface area contributed by atoms with Crippen LogP contribution in [0.25, 0.3) is 0 Å². The number of amides is 4. The summed E-state index contributed by atoms with van der Waals surface area (Å²) >= 11 is 0. The normalized spacial score (nSPS) is 23.1. The molecule has 1 rings (SSSR count).